The van der Waals surface area contributed by atoms with Crippen LogP contribution in [0.1, 0.15) is 37.5 Å². The fourth-order valence-corrected chi connectivity index (χ4v) is 2.98. The minimum Gasteiger partial charge on any atom is -0.440 e. The zero-order valence-corrected chi connectivity index (χ0v) is 11.8. The molecule has 1 aliphatic carbocycles. The predicted molar refractivity (Wildman–Crippen MR) is 74.2 cm³/mol. The van der Waals surface area contributed by atoms with Gasteiger partial charge in [-0.2, -0.15) is 13.2 Å². The van der Waals surface area contributed by atoms with Crippen molar-refractivity contribution in [2.45, 2.75) is 37.8 Å². The normalized spacial score (nSPS) is 23.6. The zero-order chi connectivity index (χ0) is 15.2. The van der Waals surface area contributed by atoms with Crippen LogP contribution in [-0.2, 0) is 0 Å². The van der Waals surface area contributed by atoms with Gasteiger partial charge in [-0.3, -0.25) is 0 Å². The van der Waals surface area contributed by atoms with Crippen molar-refractivity contribution < 1.29 is 17.6 Å². The van der Waals surface area contributed by atoms with E-state index >= 15 is 0 Å². The Balaban J connectivity index is 1.79. The Morgan fingerprint density at radius 2 is 1.86 bits per heavy atom. The lowest BCUT2D eigenvalue weighted by molar-refractivity contribution is -0.182. The molecule has 1 fully saturated rings. The first-order valence-corrected chi connectivity index (χ1v) is 7.14. The molecule has 3 rings (SSSR count). The Hall–Kier alpha value is -1.43. The number of nitrogens with two attached hydrogens (primary N) is 1. The first kappa shape index (κ1) is 14.5. The van der Waals surface area contributed by atoms with Gasteiger partial charge in [0.15, 0.2) is 11.5 Å². The van der Waals surface area contributed by atoms with E-state index in [9.17, 15) is 13.2 Å². The first-order chi connectivity index (χ1) is 9.84. The summed E-state index contributed by atoms with van der Waals surface area (Å²) in [6, 6.07) is 3.20. The maximum Gasteiger partial charge on any atom is 0.391 e. The number of halogens is 4. The van der Waals surface area contributed by atoms with E-state index in [4.69, 9.17) is 21.8 Å². The Bertz CT molecular complexity index is 621. The van der Waals surface area contributed by atoms with E-state index in [1.165, 1.54) is 0 Å². The molecule has 3 nitrogen and oxygen atoms in total. The molecule has 0 radical (unpaired) electrons. The maximum atomic E-state index is 12.7. The molecule has 114 valence electrons. The molecule has 1 heterocycles. The third-order valence-electron chi connectivity index (χ3n) is 4.06. The smallest absolute Gasteiger partial charge is 0.391 e. The second-order valence-electron chi connectivity index (χ2n) is 5.48. The summed E-state index contributed by atoms with van der Waals surface area (Å²) in [5, 5.41) is 0.392. The zero-order valence-electron chi connectivity index (χ0n) is 11.1. The minimum absolute atomic E-state index is 0.0731. The van der Waals surface area contributed by atoms with E-state index in [0.29, 0.717) is 40.5 Å². The molecule has 7 heteroatoms. The monoisotopic (exact) mass is 318 g/mol. The van der Waals surface area contributed by atoms with Crippen LogP contribution in [0.3, 0.4) is 0 Å². The lowest BCUT2D eigenvalue weighted by Gasteiger charge is -2.28. The van der Waals surface area contributed by atoms with Crippen molar-refractivity contribution in [3.8, 4) is 0 Å². The van der Waals surface area contributed by atoms with Gasteiger partial charge in [-0.25, -0.2) is 4.98 Å². The molecule has 0 atom stereocenters. The average Bonchev–Trinajstić information content (AvgIpc) is 2.81. The van der Waals surface area contributed by atoms with Crippen LogP contribution in [-0.4, -0.2) is 11.2 Å². The van der Waals surface area contributed by atoms with Gasteiger partial charge in [-0.15, -0.1) is 0 Å². The number of hydrogen-bond donors (Lipinski definition) is 1. The van der Waals surface area contributed by atoms with Crippen molar-refractivity contribution in [1.29, 1.82) is 0 Å². The summed E-state index contributed by atoms with van der Waals surface area (Å²) in [5.41, 5.74) is 7.19. The first-order valence-electron chi connectivity index (χ1n) is 6.77. The number of oxazole rings is 1. The molecule has 1 saturated carbocycles. The maximum absolute atomic E-state index is 12.7. The standard InChI is InChI=1S/C14H14ClF3N2O/c15-9-5-11-12(6-10(9)19)21-13(20-11)7-1-3-8(4-2-7)14(16,17)18/h5-8H,1-4,19H2. The van der Waals surface area contributed by atoms with E-state index in [1.807, 2.05) is 0 Å². The SMILES string of the molecule is Nc1cc2oc(C3CCC(C(F)(F)F)CC3)nc2cc1Cl. The number of aromatic nitrogens is 1. The van der Waals surface area contributed by atoms with Gasteiger partial charge < -0.3 is 10.2 Å². The molecular weight excluding hydrogens is 305 g/mol. The summed E-state index contributed by atoms with van der Waals surface area (Å²) >= 11 is 5.92. The van der Waals surface area contributed by atoms with Crippen LogP contribution in [0.2, 0.25) is 5.02 Å². The molecule has 0 amide bonds. The summed E-state index contributed by atoms with van der Waals surface area (Å²) in [5.74, 6) is -0.800. The van der Waals surface area contributed by atoms with Gasteiger partial charge in [0.1, 0.15) is 5.52 Å². The van der Waals surface area contributed by atoms with Crippen LogP contribution in [0.5, 0.6) is 0 Å². The van der Waals surface area contributed by atoms with Gasteiger partial charge in [0.25, 0.3) is 0 Å². The van der Waals surface area contributed by atoms with Gasteiger partial charge >= 0.3 is 6.18 Å². The molecule has 1 aromatic carbocycles. The summed E-state index contributed by atoms with van der Waals surface area (Å²) in [6.07, 6.45) is -3.00. The number of benzene rings is 1. The summed E-state index contributed by atoms with van der Waals surface area (Å²) in [4.78, 5) is 4.34. The Morgan fingerprint density at radius 3 is 2.48 bits per heavy atom. The highest BCUT2D eigenvalue weighted by molar-refractivity contribution is 6.33. The van der Waals surface area contributed by atoms with Gasteiger partial charge in [0.05, 0.1) is 16.6 Å². The van der Waals surface area contributed by atoms with Crippen LogP contribution in [0.25, 0.3) is 11.1 Å². The number of rotatable bonds is 1. The molecule has 2 N–H and O–H groups in total. The minimum atomic E-state index is -4.10. The Morgan fingerprint density at radius 1 is 1.19 bits per heavy atom. The highest BCUT2D eigenvalue weighted by Crippen LogP contribution is 2.43. The lowest BCUT2D eigenvalue weighted by atomic mass is 9.81. The topological polar surface area (TPSA) is 52.0 Å². The van der Waals surface area contributed by atoms with Crippen LogP contribution < -0.4 is 5.73 Å². The number of hydrogen-bond acceptors (Lipinski definition) is 3. The third-order valence-corrected chi connectivity index (χ3v) is 4.39. The van der Waals surface area contributed by atoms with Gasteiger partial charge in [-0.1, -0.05) is 11.6 Å². The molecule has 0 spiro atoms. The Kier molecular flexibility index (Phi) is 3.51. The third kappa shape index (κ3) is 2.81. The quantitative estimate of drug-likeness (QED) is 0.761. The van der Waals surface area contributed by atoms with Gasteiger partial charge in [0, 0.05) is 12.0 Å². The summed E-state index contributed by atoms with van der Waals surface area (Å²) in [7, 11) is 0. The number of fused-ring (bicyclic) bond motifs is 1. The molecular formula is C14H14ClF3N2O. The second-order valence-corrected chi connectivity index (χ2v) is 5.89. The fourth-order valence-electron chi connectivity index (χ4n) is 2.82. The molecule has 0 aliphatic heterocycles. The molecule has 0 saturated heterocycles. The fraction of sp³-hybridized carbons (Fsp3) is 0.500. The van der Waals surface area contributed by atoms with E-state index in [1.54, 1.807) is 12.1 Å². The average molecular weight is 319 g/mol. The van der Waals surface area contributed by atoms with Gasteiger partial charge in [-0.05, 0) is 31.7 Å². The number of nitrogen functional groups attached to an aromatic ring is 1. The highest BCUT2D eigenvalue weighted by atomic mass is 35.5. The molecule has 0 unspecified atom stereocenters. The van der Waals surface area contributed by atoms with Crippen molar-refractivity contribution in [1.82, 2.24) is 4.98 Å². The summed E-state index contributed by atoms with van der Waals surface area (Å²) in [6.45, 7) is 0. The molecule has 1 aliphatic rings. The predicted octanol–water partition coefficient (Wildman–Crippen LogP) is 4.90. The van der Waals surface area contributed by atoms with Crippen molar-refractivity contribution in [2.75, 3.05) is 5.73 Å². The van der Waals surface area contributed by atoms with E-state index in [0.717, 1.165) is 0 Å². The van der Waals surface area contributed by atoms with Gasteiger partial charge in [0.2, 0.25) is 0 Å². The van der Waals surface area contributed by atoms with E-state index in [2.05, 4.69) is 4.98 Å². The molecule has 2 aromatic rings. The largest absolute Gasteiger partial charge is 0.440 e. The number of alkyl halides is 3. The van der Waals surface area contributed by atoms with E-state index < -0.39 is 12.1 Å². The molecule has 21 heavy (non-hydrogen) atoms. The van der Waals surface area contributed by atoms with Crippen LogP contribution in [0, 0.1) is 5.92 Å². The number of nitrogens with zero attached hydrogens (tertiary/aromatic N) is 1. The highest BCUT2D eigenvalue weighted by Gasteiger charge is 2.42. The van der Waals surface area contributed by atoms with Crippen LogP contribution >= 0.6 is 11.6 Å². The van der Waals surface area contributed by atoms with E-state index in [-0.39, 0.29) is 18.8 Å². The Labute approximate surface area is 124 Å². The van der Waals surface area contributed by atoms with Crippen LogP contribution in [0.15, 0.2) is 16.5 Å². The van der Waals surface area contributed by atoms with Crippen LogP contribution in [0.4, 0.5) is 18.9 Å². The molecule has 1 aromatic heterocycles. The summed E-state index contributed by atoms with van der Waals surface area (Å²) < 4.78 is 43.6. The second kappa shape index (κ2) is 5.09. The van der Waals surface area contributed by atoms with Crippen molar-refractivity contribution in [3.05, 3.63) is 23.0 Å². The molecule has 0 bridgehead atoms. The number of anilines is 1. The van der Waals surface area contributed by atoms with Crippen molar-refractivity contribution >= 4 is 28.4 Å². The van der Waals surface area contributed by atoms with Crippen molar-refractivity contribution in [3.63, 3.8) is 0 Å². The lowest BCUT2D eigenvalue weighted by Crippen LogP contribution is -2.27. The van der Waals surface area contributed by atoms with Crippen molar-refractivity contribution in [2.24, 2.45) is 5.92 Å².